The number of amides is 1. The first kappa shape index (κ1) is 14.7. The standard InChI is InChI=1S/C18H20N2O2S/c1-11-15-6-5-14(22-2)9-13(15)7-8-20(11)18(21)16-17(12-3-4-12)23-10-19-16/h5-6,9-12H,3-4,7-8H2,1-2H3. The number of ether oxygens (including phenoxy) is 1. The van der Waals surface area contributed by atoms with E-state index >= 15 is 0 Å². The molecule has 1 aromatic carbocycles. The molecule has 4 nitrogen and oxygen atoms in total. The number of nitrogens with zero attached hydrogens (tertiary/aromatic N) is 2. The van der Waals surface area contributed by atoms with Gasteiger partial charge < -0.3 is 9.64 Å². The zero-order valence-electron chi connectivity index (χ0n) is 13.4. The summed E-state index contributed by atoms with van der Waals surface area (Å²) in [5.41, 5.74) is 4.99. The van der Waals surface area contributed by atoms with Gasteiger partial charge in [0, 0.05) is 11.4 Å². The average Bonchev–Trinajstić information content (AvgIpc) is 3.31. The van der Waals surface area contributed by atoms with Gasteiger partial charge in [-0.15, -0.1) is 11.3 Å². The van der Waals surface area contributed by atoms with E-state index < -0.39 is 0 Å². The third kappa shape index (κ3) is 2.53. The van der Waals surface area contributed by atoms with Crippen molar-refractivity contribution in [1.82, 2.24) is 9.88 Å². The van der Waals surface area contributed by atoms with Crippen molar-refractivity contribution in [2.24, 2.45) is 0 Å². The normalized spacial score (nSPS) is 20.3. The van der Waals surface area contributed by atoms with Gasteiger partial charge in [0.2, 0.25) is 0 Å². The molecule has 4 rings (SSSR count). The van der Waals surface area contributed by atoms with Crippen molar-refractivity contribution in [3.05, 3.63) is 45.4 Å². The fraction of sp³-hybridized carbons (Fsp3) is 0.444. The second-order valence-corrected chi connectivity index (χ2v) is 7.22. The molecule has 0 N–H and O–H groups in total. The SMILES string of the molecule is COc1ccc2c(c1)CCN(C(=O)c1ncsc1C1CC1)C2C. The maximum Gasteiger partial charge on any atom is 0.274 e. The first-order valence-electron chi connectivity index (χ1n) is 8.10. The zero-order chi connectivity index (χ0) is 16.0. The van der Waals surface area contributed by atoms with Crippen LogP contribution in [-0.4, -0.2) is 29.4 Å². The van der Waals surface area contributed by atoms with E-state index in [2.05, 4.69) is 24.0 Å². The molecular weight excluding hydrogens is 308 g/mol. The summed E-state index contributed by atoms with van der Waals surface area (Å²) in [6.45, 7) is 2.84. The fourth-order valence-electron chi connectivity index (χ4n) is 3.40. The molecule has 2 aromatic rings. The molecular formula is C18H20N2O2S. The molecule has 1 aliphatic carbocycles. The summed E-state index contributed by atoms with van der Waals surface area (Å²) in [5.74, 6) is 1.53. The Hall–Kier alpha value is -1.88. The highest BCUT2D eigenvalue weighted by Crippen LogP contribution is 2.44. The Morgan fingerprint density at radius 1 is 1.39 bits per heavy atom. The molecule has 1 fully saturated rings. The molecule has 1 amide bonds. The number of thiazole rings is 1. The summed E-state index contributed by atoms with van der Waals surface area (Å²) in [6, 6.07) is 6.22. The Balaban J connectivity index is 1.62. The highest BCUT2D eigenvalue weighted by molar-refractivity contribution is 7.10. The van der Waals surface area contributed by atoms with Gasteiger partial charge in [-0.2, -0.15) is 0 Å². The van der Waals surface area contributed by atoms with Crippen molar-refractivity contribution < 1.29 is 9.53 Å². The van der Waals surface area contributed by atoms with Crippen LogP contribution in [0.5, 0.6) is 5.75 Å². The van der Waals surface area contributed by atoms with Crippen LogP contribution in [0.15, 0.2) is 23.7 Å². The number of hydrogen-bond donors (Lipinski definition) is 0. The third-order valence-corrected chi connectivity index (χ3v) is 5.89. The quantitative estimate of drug-likeness (QED) is 0.861. The lowest BCUT2D eigenvalue weighted by molar-refractivity contribution is 0.0671. The number of hydrogen-bond acceptors (Lipinski definition) is 4. The minimum atomic E-state index is 0.0749. The molecule has 1 atom stereocenters. The average molecular weight is 328 g/mol. The molecule has 1 unspecified atom stereocenters. The van der Waals surface area contributed by atoms with E-state index in [0.717, 1.165) is 18.7 Å². The summed E-state index contributed by atoms with van der Waals surface area (Å²) in [4.78, 5) is 20.5. The molecule has 1 saturated carbocycles. The van der Waals surface area contributed by atoms with Crippen molar-refractivity contribution in [1.29, 1.82) is 0 Å². The topological polar surface area (TPSA) is 42.4 Å². The van der Waals surface area contributed by atoms with Crippen LogP contribution in [0, 0.1) is 0 Å². The van der Waals surface area contributed by atoms with Crippen LogP contribution in [0.4, 0.5) is 0 Å². The molecule has 23 heavy (non-hydrogen) atoms. The van der Waals surface area contributed by atoms with Crippen molar-refractivity contribution in [2.75, 3.05) is 13.7 Å². The second-order valence-electron chi connectivity index (χ2n) is 6.33. The predicted molar refractivity (Wildman–Crippen MR) is 90.2 cm³/mol. The van der Waals surface area contributed by atoms with Crippen LogP contribution >= 0.6 is 11.3 Å². The lowest BCUT2D eigenvalue weighted by Crippen LogP contribution is -2.39. The predicted octanol–water partition coefficient (Wildman–Crippen LogP) is 3.79. The van der Waals surface area contributed by atoms with Gasteiger partial charge in [0.1, 0.15) is 11.4 Å². The Kier molecular flexibility index (Phi) is 3.60. The summed E-state index contributed by atoms with van der Waals surface area (Å²) >= 11 is 1.63. The largest absolute Gasteiger partial charge is 0.497 e. The van der Waals surface area contributed by atoms with E-state index in [-0.39, 0.29) is 11.9 Å². The number of rotatable bonds is 3. The monoisotopic (exact) mass is 328 g/mol. The Morgan fingerprint density at radius 3 is 2.96 bits per heavy atom. The van der Waals surface area contributed by atoms with Gasteiger partial charge in [-0.05, 0) is 55.4 Å². The number of aromatic nitrogens is 1. The van der Waals surface area contributed by atoms with Crippen LogP contribution in [0.2, 0.25) is 0 Å². The second kappa shape index (κ2) is 5.64. The number of carbonyl (C=O) groups is 1. The molecule has 2 heterocycles. The lowest BCUT2D eigenvalue weighted by Gasteiger charge is -2.35. The molecule has 2 aliphatic rings. The molecule has 0 spiro atoms. The van der Waals surface area contributed by atoms with Crippen LogP contribution in [-0.2, 0) is 6.42 Å². The maximum atomic E-state index is 13.0. The van der Waals surface area contributed by atoms with Gasteiger partial charge in [-0.25, -0.2) is 4.98 Å². The van der Waals surface area contributed by atoms with Gasteiger partial charge >= 0.3 is 0 Å². The number of fused-ring (bicyclic) bond motifs is 1. The van der Waals surface area contributed by atoms with Crippen molar-refractivity contribution in [3.8, 4) is 5.75 Å². The third-order valence-electron chi connectivity index (χ3n) is 4.90. The van der Waals surface area contributed by atoms with E-state index in [1.165, 1.54) is 28.8 Å². The Bertz CT molecular complexity index is 751. The lowest BCUT2D eigenvalue weighted by atomic mass is 9.93. The first-order chi connectivity index (χ1) is 11.2. The van der Waals surface area contributed by atoms with Gasteiger partial charge in [-0.3, -0.25) is 4.79 Å². The highest BCUT2D eigenvalue weighted by atomic mass is 32.1. The summed E-state index contributed by atoms with van der Waals surface area (Å²) in [5, 5.41) is 0. The zero-order valence-corrected chi connectivity index (χ0v) is 14.2. The van der Waals surface area contributed by atoms with Gasteiger partial charge in [-0.1, -0.05) is 6.07 Å². The number of methoxy groups -OCH3 is 1. The van der Waals surface area contributed by atoms with E-state index in [9.17, 15) is 4.79 Å². The fourth-order valence-corrected chi connectivity index (χ4v) is 4.35. The smallest absolute Gasteiger partial charge is 0.274 e. The van der Waals surface area contributed by atoms with E-state index in [1.54, 1.807) is 18.4 Å². The summed E-state index contributed by atoms with van der Waals surface area (Å²) in [6.07, 6.45) is 3.26. The summed E-state index contributed by atoms with van der Waals surface area (Å²) in [7, 11) is 1.69. The van der Waals surface area contributed by atoms with E-state index in [1.807, 2.05) is 16.5 Å². The molecule has 0 saturated heterocycles. The minimum absolute atomic E-state index is 0.0749. The van der Waals surface area contributed by atoms with Gasteiger partial charge in [0.15, 0.2) is 0 Å². The Labute approximate surface area is 140 Å². The van der Waals surface area contributed by atoms with Crippen LogP contribution in [0.3, 0.4) is 0 Å². The molecule has 120 valence electrons. The van der Waals surface area contributed by atoms with E-state index in [0.29, 0.717) is 11.6 Å². The van der Waals surface area contributed by atoms with Crippen molar-refractivity contribution in [2.45, 2.75) is 38.1 Å². The number of benzene rings is 1. The number of carbonyl (C=O) groups excluding carboxylic acids is 1. The summed E-state index contributed by atoms with van der Waals surface area (Å²) < 4.78 is 5.31. The molecule has 0 radical (unpaired) electrons. The first-order valence-corrected chi connectivity index (χ1v) is 8.98. The van der Waals surface area contributed by atoms with E-state index in [4.69, 9.17) is 4.74 Å². The maximum absolute atomic E-state index is 13.0. The molecule has 5 heteroatoms. The van der Waals surface area contributed by atoms with Gasteiger partial charge in [0.25, 0.3) is 5.91 Å². The van der Waals surface area contributed by atoms with Crippen molar-refractivity contribution >= 4 is 17.2 Å². The Morgan fingerprint density at radius 2 is 2.22 bits per heavy atom. The van der Waals surface area contributed by atoms with Crippen LogP contribution in [0.1, 0.15) is 58.2 Å². The van der Waals surface area contributed by atoms with Crippen molar-refractivity contribution in [3.63, 3.8) is 0 Å². The van der Waals surface area contributed by atoms with Gasteiger partial charge in [0.05, 0.1) is 18.7 Å². The molecule has 0 bridgehead atoms. The molecule has 1 aliphatic heterocycles. The van der Waals surface area contributed by atoms with Crippen LogP contribution in [0.25, 0.3) is 0 Å². The minimum Gasteiger partial charge on any atom is -0.497 e. The van der Waals surface area contributed by atoms with Crippen LogP contribution < -0.4 is 4.74 Å². The highest BCUT2D eigenvalue weighted by Gasteiger charge is 2.35. The molecule has 1 aromatic heterocycles.